The third-order valence-electron chi connectivity index (χ3n) is 8.63. The standard InChI is InChI=1S/C42H26N6/c1-2-13-32-28(10-1)22-23-34-38(32)33-14-3-4-15-35(33)45-39(34)31-12-9-11-30(26-31)27-18-20-29(21-19-27)40-46-41(36-16-5-7-24-43-36)48-42(47-40)37-17-6-8-25-44-37/h1-26H. The number of rotatable bonds is 5. The summed E-state index contributed by atoms with van der Waals surface area (Å²) in [6, 6.07) is 49.7. The van der Waals surface area contributed by atoms with Gasteiger partial charge < -0.3 is 0 Å². The molecule has 0 N–H and O–H groups in total. The van der Waals surface area contributed by atoms with Gasteiger partial charge in [0, 0.05) is 39.7 Å². The Balaban J connectivity index is 1.13. The zero-order chi connectivity index (χ0) is 31.9. The van der Waals surface area contributed by atoms with Gasteiger partial charge in [0.05, 0.1) is 11.2 Å². The van der Waals surface area contributed by atoms with Crippen molar-refractivity contribution in [3.8, 4) is 56.8 Å². The molecule has 6 heteroatoms. The van der Waals surface area contributed by atoms with Crippen LogP contribution in [0.25, 0.3) is 89.3 Å². The molecule has 4 heterocycles. The fraction of sp³-hybridized carbons (Fsp3) is 0. The van der Waals surface area contributed by atoms with Gasteiger partial charge in [0.25, 0.3) is 0 Å². The van der Waals surface area contributed by atoms with Crippen molar-refractivity contribution in [2.75, 3.05) is 0 Å². The predicted molar refractivity (Wildman–Crippen MR) is 193 cm³/mol. The fourth-order valence-corrected chi connectivity index (χ4v) is 6.32. The van der Waals surface area contributed by atoms with Crippen LogP contribution in [0.4, 0.5) is 0 Å². The van der Waals surface area contributed by atoms with E-state index in [1.54, 1.807) is 12.4 Å². The summed E-state index contributed by atoms with van der Waals surface area (Å²) in [7, 11) is 0. The van der Waals surface area contributed by atoms with Crippen molar-refractivity contribution in [2.45, 2.75) is 0 Å². The molecule has 0 radical (unpaired) electrons. The van der Waals surface area contributed by atoms with E-state index in [1.807, 2.05) is 36.4 Å². The van der Waals surface area contributed by atoms with Crippen LogP contribution in [0, 0.1) is 0 Å². The summed E-state index contributed by atoms with van der Waals surface area (Å²) in [6.07, 6.45) is 3.47. The molecule has 0 atom stereocenters. The summed E-state index contributed by atoms with van der Waals surface area (Å²) in [4.78, 5) is 28.5. The first-order valence-electron chi connectivity index (χ1n) is 15.8. The number of hydrogen-bond acceptors (Lipinski definition) is 6. The SMILES string of the molecule is c1ccc(-c2nc(-c3ccc(-c4cccc(-c5nc6ccccc6c6c5ccc5ccccc56)c4)cc3)nc(-c3ccccn3)n2)nc1. The van der Waals surface area contributed by atoms with E-state index in [0.29, 0.717) is 28.9 Å². The lowest BCUT2D eigenvalue weighted by Gasteiger charge is -2.13. The lowest BCUT2D eigenvalue weighted by Crippen LogP contribution is -2.01. The molecule has 0 aliphatic carbocycles. The Hall–Kier alpha value is -6.66. The summed E-state index contributed by atoms with van der Waals surface area (Å²) >= 11 is 0. The number of para-hydroxylation sites is 1. The first-order valence-corrected chi connectivity index (χ1v) is 15.8. The number of pyridine rings is 3. The highest BCUT2D eigenvalue weighted by atomic mass is 15.1. The minimum Gasteiger partial charge on any atom is -0.253 e. The van der Waals surface area contributed by atoms with Gasteiger partial charge in [-0.15, -0.1) is 0 Å². The van der Waals surface area contributed by atoms with Gasteiger partial charge >= 0.3 is 0 Å². The topological polar surface area (TPSA) is 77.3 Å². The Labute approximate surface area is 276 Å². The van der Waals surface area contributed by atoms with Gasteiger partial charge in [0.1, 0.15) is 11.4 Å². The van der Waals surface area contributed by atoms with E-state index in [-0.39, 0.29) is 0 Å². The zero-order valence-corrected chi connectivity index (χ0v) is 25.7. The van der Waals surface area contributed by atoms with Gasteiger partial charge in [-0.1, -0.05) is 109 Å². The Morgan fingerprint density at radius 1 is 0.354 bits per heavy atom. The highest BCUT2D eigenvalue weighted by Gasteiger charge is 2.15. The smallest absolute Gasteiger partial charge is 0.182 e. The van der Waals surface area contributed by atoms with Crippen molar-refractivity contribution in [3.05, 3.63) is 158 Å². The summed E-state index contributed by atoms with van der Waals surface area (Å²) in [5.41, 5.74) is 7.44. The predicted octanol–water partition coefficient (Wildman–Crippen LogP) is 9.85. The van der Waals surface area contributed by atoms with Gasteiger partial charge in [-0.05, 0) is 58.3 Å². The van der Waals surface area contributed by atoms with Crippen LogP contribution in [0.15, 0.2) is 158 Å². The summed E-state index contributed by atoms with van der Waals surface area (Å²) in [6.45, 7) is 0. The van der Waals surface area contributed by atoms with Crippen LogP contribution < -0.4 is 0 Å². The molecule has 0 aliphatic heterocycles. The lowest BCUT2D eigenvalue weighted by molar-refractivity contribution is 1.05. The summed E-state index contributed by atoms with van der Waals surface area (Å²) in [5.74, 6) is 1.56. The minimum atomic E-state index is 0.501. The molecular formula is C42H26N6. The maximum atomic E-state index is 5.20. The Kier molecular flexibility index (Phi) is 6.68. The van der Waals surface area contributed by atoms with Crippen molar-refractivity contribution in [2.24, 2.45) is 0 Å². The molecule has 0 bridgehead atoms. The number of aromatic nitrogens is 6. The molecule has 48 heavy (non-hydrogen) atoms. The fourth-order valence-electron chi connectivity index (χ4n) is 6.32. The van der Waals surface area contributed by atoms with E-state index >= 15 is 0 Å². The van der Waals surface area contributed by atoms with Gasteiger partial charge in [-0.25, -0.2) is 19.9 Å². The third-order valence-corrected chi connectivity index (χ3v) is 8.63. The first kappa shape index (κ1) is 27.6. The average Bonchev–Trinajstić information content (AvgIpc) is 3.18. The largest absolute Gasteiger partial charge is 0.253 e. The second-order valence-electron chi connectivity index (χ2n) is 11.6. The Morgan fingerprint density at radius 3 is 1.71 bits per heavy atom. The van der Waals surface area contributed by atoms with E-state index in [9.17, 15) is 0 Å². The van der Waals surface area contributed by atoms with Crippen molar-refractivity contribution in [3.63, 3.8) is 0 Å². The number of fused-ring (bicyclic) bond motifs is 5. The minimum absolute atomic E-state index is 0.501. The average molecular weight is 615 g/mol. The lowest BCUT2D eigenvalue weighted by atomic mass is 9.94. The van der Waals surface area contributed by atoms with Crippen LogP contribution in [0.2, 0.25) is 0 Å². The van der Waals surface area contributed by atoms with Crippen molar-refractivity contribution >= 4 is 32.4 Å². The second-order valence-corrected chi connectivity index (χ2v) is 11.6. The van der Waals surface area contributed by atoms with Crippen LogP contribution in [0.3, 0.4) is 0 Å². The Morgan fingerprint density at radius 2 is 0.979 bits per heavy atom. The van der Waals surface area contributed by atoms with E-state index in [1.165, 1.54) is 16.2 Å². The molecule has 4 aromatic heterocycles. The molecule has 0 saturated carbocycles. The quantitative estimate of drug-likeness (QED) is 0.180. The van der Waals surface area contributed by atoms with Crippen molar-refractivity contribution < 1.29 is 0 Å². The molecule has 0 amide bonds. The van der Waals surface area contributed by atoms with Gasteiger partial charge in [0.2, 0.25) is 0 Å². The van der Waals surface area contributed by atoms with E-state index in [4.69, 9.17) is 19.9 Å². The normalized spacial score (nSPS) is 11.3. The molecule has 0 saturated heterocycles. The third kappa shape index (κ3) is 4.93. The van der Waals surface area contributed by atoms with Gasteiger partial charge in [0.15, 0.2) is 17.5 Å². The number of nitrogens with zero attached hydrogens (tertiary/aromatic N) is 6. The molecule has 6 nitrogen and oxygen atoms in total. The maximum Gasteiger partial charge on any atom is 0.182 e. The molecule has 224 valence electrons. The highest BCUT2D eigenvalue weighted by Crippen LogP contribution is 2.38. The maximum absolute atomic E-state index is 5.20. The number of hydrogen-bond donors (Lipinski definition) is 0. The number of benzene rings is 5. The first-order chi connectivity index (χ1) is 23.8. The highest BCUT2D eigenvalue weighted by molar-refractivity contribution is 6.22. The molecule has 9 aromatic rings. The van der Waals surface area contributed by atoms with Crippen LogP contribution >= 0.6 is 0 Å². The van der Waals surface area contributed by atoms with E-state index < -0.39 is 0 Å². The molecule has 0 fully saturated rings. The molecule has 0 aliphatic rings. The van der Waals surface area contributed by atoms with Crippen LogP contribution in [0.1, 0.15) is 0 Å². The van der Waals surface area contributed by atoms with Crippen LogP contribution in [-0.4, -0.2) is 29.9 Å². The van der Waals surface area contributed by atoms with Gasteiger partial charge in [-0.3, -0.25) is 9.97 Å². The van der Waals surface area contributed by atoms with E-state index in [2.05, 4.69) is 119 Å². The second kappa shape index (κ2) is 11.6. The Bertz CT molecular complexity index is 2530. The van der Waals surface area contributed by atoms with Crippen LogP contribution in [0.5, 0.6) is 0 Å². The van der Waals surface area contributed by atoms with Gasteiger partial charge in [-0.2, -0.15) is 0 Å². The summed E-state index contributed by atoms with van der Waals surface area (Å²) in [5, 5.41) is 5.99. The molecule has 0 spiro atoms. The van der Waals surface area contributed by atoms with E-state index in [0.717, 1.165) is 44.2 Å². The molecule has 0 unspecified atom stereocenters. The molecular weight excluding hydrogens is 589 g/mol. The van der Waals surface area contributed by atoms with Crippen molar-refractivity contribution in [1.82, 2.24) is 29.9 Å². The van der Waals surface area contributed by atoms with Crippen LogP contribution in [-0.2, 0) is 0 Å². The molecule has 9 rings (SSSR count). The zero-order valence-electron chi connectivity index (χ0n) is 25.7. The molecule has 5 aromatic carbocycles. The van der Waals surface area contributed by atoms with Crippen molar-refractivity contribution in [1.29, 1.82) is 0 Å². The summed E-state index contributed by atoms with van der Waals surface area (Å²) < 4.78 is 0. The monoisotopic (exact) mass is 614 g/mol.